The number of hydrogen-bond donors (Lipinski definition) is 1. The van der Waals surface area contributed by atoms with Crippen molar-refractivity contribution < 1.29 is 9.59 Å². The summed E-state index contributed by atoms with van der Waals surface area (Å²) in [5.41, 5.74) is 3.16. The maximum absolute atomic E-state index is 12.7. The van der Waals surface area contributed by atoms with E-state index in [1.54, 1.807) is 13.3 Å². The highest BCUT2D eigenvalue weighted by molar-refractivity contribution is 8.15. The third kappa shape index (κ3) is 5.54. The second-order valence-electron chi connectivity index (χ2n) is 6.57. The molecule has 1 saturated heterocycles. The average molecular weight is 409 g/mol. The van der Waals surface area contributed by atoms with Crippen molar-refractivity contribution in [2.24, 2.45) is 10.1 Å². The van der Waals surface area contributed by atoms with E-state index in [-0.39, 0.29) is 18.2 Å². The molecule has 3 rings (SSSR count). The van der Waals surface area contributed by atoms with Gasteiger partial charge in [-0.25, -0.2) is 0 Å². The molecule has 0 aliphatic carbocycles. The highest BCUT2D eigenvalue weighted by Gasteiger charge is 2.39. The minimum Gasteiger partial charge on any atom is -0.352 e. The lowest BCUT2D eigenvalue weighted by atomic mass is 10.1. The molecule has 150 valence electrons. The summed E-state index contributed by atoms with van der Waals surface area (Å²) in [7, 11) is 1.62. The first-order chi connectivity index (χ1) is 14.1. The number of amides is 2. The number of hydrogen-bond acceptors (Lipinski definition) is 5. The number of carbonyl (C=O) groups excluding carboxylic acids is 2. The normalized spacial score (nSPS) is 18.0. The Morgan fingerprint density at radius 1 is 1.14 bits per heavy atom. The molecule has 0 spiro atoms. The Bertz CT molecular complexity index is 910. The number of aliphatic imine (C=N–C) groups is 1. The molecule has 0 aromatic heterocycles. The number of hydrazone groups is 1. The summed E-state index contributed by atoms with van der Waals surface area (Å²) in [6.07, 6.45) is 2.70. The average Bonchev–Trinajstić information content (AvgIpc) is 3.06. The minimum atomic E-state index is -0.524. The van der Waals surface area contributed by atoms with Gasteiger partial charge in [0.25, 0.3) is 5.91 Å². The van der Waals surface area contributed by atoms with Crippen LogP contribution >= 0.6 is 11.8 Å². The van der Waals surface area contributed by atoms with Crippen molar-refractivity contribution in [1.82, 2.24) is 10.3 Å². The van der Waals surface area contributed by atoms with Gasteiger partial charge in [0.05, 0.1) is 6.21 Å². The quantitative estimate of drug-likeness (QED) is 0.715. The standard InChI is InChI=1S/C22H24N4O2S/c1-3-16-9-11-18(12-10-16)15-25-26-21(28)19(29-22(26)23-2)13-20(27)24-14-17-7-5-4-6-8-17/h4-12,15,19H,3,13-14H2,1-2H3,(H,24,27)/b23-22?,25-15-/t19-/m0/s1. The zero-order valence-electron chi connectivity index (χ0n) is 16.5. The molecule has 2 aromatic rings. The van der Waals surface area contributed by atoms with Crippen LogP contribution in [0.2, 0.25) is 0 Å². The van der Waals surface area contributed by atoms with Crippen molar-refractivity contribution in [3.05, 3.63) is 71.3 Å². The predicted octanol–water partition coefficient (Wildman–Crippen LogP) is 3.22. The van der Waals surface area contributed by atoms with Gasteiger partial charge in [0.2, 0.25) is 5.91 Å². The predicted molar refractivity (Wildman–Crippen MR) is 118 cm³/mol. The van der Waals surface area contributed by atoms with E-state index in [2.05, 4.69) is 22.3 Å². The van der Waals surface area contributed by atoms with Gasteiger partial charge < -0.3 is 5.32 Å². The summed E-state index contributed by atoms with van der Waals surface area (Å²) in [6, 6.07) is 17.7. The van der Waals surface area contributed by atoms with Crippen molar-refractivity contribution in [3.63, 3.8) is 0 Å². The number of amidine groups is 1. The van der Waals surface area contributed by atoms with Crippen molar-refractivity contribution in [2.45, 2.75) is 31.6 Å². The first-order valence-electron chi connectivity index (χ1n) is 9.51. The lowest BCUT2D eigenvalue weighted by Gasteiger charge is -2.10. The van der Waals surface area contributed by atoms with E-state index < -0.39 is 5.25 Å². The molecule has 7 heteroatoms. The largest absolute Gasteiger partial charge is 0.352 e. The van der Waals surface area contributed by atoms with Gasteiger partial charge in [0.15, 0.2) is 5.17 Å². The van der Waals surface area contributed by atoms with Crippen LogP contribution in [0.4, 0.5) is 0 Å². The SMILES string of the molecule is CCc1ccc(/C=N\N2C(=O)[C@H](CC(=O)NCc3ccccc3)SC2=NC)cc1. The van der Waals surface area contributed by atoms with E-state index in [1.165, 1.54) is 22.3 Å². The topological polar surface area (TPSA) is 74.1 Å². The zero-order valence-corrected chi connectivity index (χ0v) is 17.4. The maximum atomic E-state index is 12.7. The first kappa shape index (κ1) is 20.8. The number of rotatable bonds is 7. The number of benzene rings is 2. The molecule has 1 heterocycles. The lowest BCUT2D eigenvalue weighted by Crippen LogP contribution is -2.32. The third-order valence-corrected chi connectivity index (χ3v) is 5.74. The molecule has 2 aromatic carbocycles. The number of thioether (sulfide) groups is 1. The molecular formula is C22H24N4O2S. The van der Waals surface area contributed by atoms with E-state index in [9.17, 15) is 9.59 Å². The number of aryl methyl sites for hydroxylation is 1. The Balaban J connectivity index is 1.59. The summed E-state index contributed by atoms with van der Waals surface area (Å²) in [4.78, 5) is 29.2. The van der Waals surface area contributed by atoms with E-state index in [0.29, 0.717) is 11.7 Å². The summed E-state index contributed by atoms with van der Waals surface area (Å²) >= 11 is 1.27. The summed E-state index contributed by atoms with van der Waals surface area (Å²) in [5.74, 6) is -0.400. The highest BCUT2D eigenvalue weighted by Crippen LogP contribution is 2.29. The van der Waals surface area contributed by atoms with Gasteiger partial charge in [-0.3, -0.25) is 14.6 Å². The van der Waals surface area contributed by atoms with Gasteiger partial charge in [0.1, 0.15) is 5.25 Å². The number of nitrogens with zero attached hydrogens (tertiary/aromatic N) is 3. The molecule has 1 fully saturated rings. The molecule has 1 atom stereocenters. The highest BCUT2D eigenvalue weighted by atomic mass is 32.2. The van der Waals surface area contributed by atoms with E-state index in [1.807, 2.05) is 54.6 Å². The van der Waals surface area contributed by atoms with Crippen LogP contribution in [0.3, 0.4) is 0 Å². The molecule has 0 bridgehead atoms. The number of nitrogens with one attached hydrogen (secondary N) is 1. The van der Waals surface area contributed by atoms with Gasteiger partial charge in [-0.1, -0.05) is 73.3 Å². The molecular weight excluding hydrogens is 384 g/mol. The second kappa shape index (κ2) is 10.0. The van der Waals surface area contributed by atoms with E-state index in [4.69, 9.17) is 0 Å². The van der Waals surface area contributed by atoms with Crippen LogP contribution in [-0.2, 0) is 22.6 Å². The summed E-state index contributed by atoms with van der Waals surface area (Å²) < 4.78 is 0. The monoisotopic (exact) mass is 408 g/mol. The fourth-order valence-electron chi connectivity index (χ4n) is 2.84. The van der Waals surface area contributed by atoms with Crippen molar-refractivity contribution in [3.8, 4) is 0 Å². The van der Waals surface area contributed by atoms with Crippen LogP contribution in [0.5, 0.6) is 0 Å². The van der Waals surface area contributed by atoms with Gasteiger partial charge in [-0.15, -0.1) is 0 Å². The van der Waals surface area contributed by atoms with Crippen LogP contribution in [0.15, 0.2) is 64.7 Å². The Kier molecular flexibility index (Phi) is 7.19. The Labute approximate surface area is 175 Å². The number of carbonyl (C=O) groups is 2. The molecule has 29 heavy (non-hydrogen) atoms. The summed E-state index contributed by atoms with van der Waals surface area (Å²) in [5, 5.41) is 8.43. The Morgan fingerprint density at radius 2 is 1.86 bits per heavy atom. The van der Waals surface area contributed by atoms with Gasteiger partial charge >= 0.3 is 0 Å². The molecule has 1 aliphatic heterocycles. The fourth-order valence-corrected chi connectivity index (χ4v) is 3.87. The summed E-state index contributed by atoms with van der Waals surface area (Å²) in [6.45, 7) is 2.54. The maximum Gasteiger partial charge on any atom is 0.263 e. The molecule has 0 radical (unpaired) electrons. The Morgan fingerprint density at radius 3 is 2.52 bits per heavy atom. The van der Waals surface area contributed by atoms with Crippen LogP contribution in [0.25, 0.3) is 0 Å². The van der Waals surface area contributed by atoms with Crippen LogP contribution in [0.1, 0.15) is 30.0 Å². The first-order valence-corrected chi connectivity index (χ1v) is 10.4. The van der Waals surface area contributed by atoms with Crippen LogP contribution < -0.4 is 5.32 Å². The van der Waals surface area contributed by atoms with Gasteiger partial charge in [0, 0.05) is 20.0 Å². The Hall–Kier alpha value is -2.93. The van der Waals surface area contributed by atoms with Crippen molar-refractivity contribution >= 4 is 35.0 Å². The fraction of sp³-hybridized carbons (Fsp3) is 0.273. The van der Waals surface area contributed by atoms with E-state index in [0.717, 1.165) is 17.5 Å². The molecule has 0 unspecified atom stereocenters. The third-order valence-electron chi connectivity index (χ3n) is 4.52. The van der Waals surface area contributed by atoms with Gasteiger partial charge in [-0.2, -0.15) is 10.1 Å². The van der Waals surface area contributed by atoms with Crippen molar-refractivity contribution in [1.29, 1.82) is 0 Å². The molecule has 2 amide bonds. The molecule has 1 N–H and O–H groups in total. The zero-order chi connectivity index (χ0) is 20.6. The molecule has 0 saturated carbocycles. The second-order valence-corrected chi connectivity index (χ2v) is 7.74. The minimum absolute atomic E-state index is 0.0899. The molecule has 1 aliphatic rings. The van der Waals surface area contributed by atoms with Crippen LogP contribution in [-0.4, -0.2) is 40.5 Å². The molecule has 6 nitrogen and oxygen atoms in total. The van der Waals surface area contributed by atoms with Crippen molar-refractivity contribution in [2.75, 3.05) is 7.05 Å². The van der Waals surface area contributed by atoms with E-state index >= 15 is 0 Å². The smallest absolute Gasteiger partial charge is 0.263 e. The van der Waals surface area contributed by atoms with Gasteiger partial charge in [-0.05, 0) is 23.1 Å². The lowest BCUT2D eigenvalue weighted by molar-refractivity contribution is -0.129. The van der Waals surface area contributed by atoms with Crippen LogP contribution in [0, 0.1) is 0 Å².